The number of nitrogens with one attached hydrogen (secondary N) is 1. The molecule has 0 spiro atoms. The highest BCUT2D eigenvalue weighted by Gasteiger charge is 2.21. The Kier molecular flexibility index (Phi) is 4.43. The standard InChI is InChI=1S/C10H17NO3/c1-2-14-10(13)6-5-9(12)11-7-8-3-4-8/h8H,2-7H2,1H3,(H,11,12). The van der Waals surface area contributed by atoms with Gasteiger partial charge in [0.05, 0.1) is 13.0 Å². The first-order valence-corrected chi connectivity index (χ1v) is 5.14. The van der Waals surface area contributed by atoms with Gasteiger partial charge in [-0.25, -0.2) is 0 Å². The third-order valence-electron chi connectivity index (χ3n) is 2.15. The molecule has 1 rings (SSSR count). The molecule has 14 heavy (non-hydrogen) atoms. The Bertz CT molecular complexity index is 211. The SMILES string of the molecule is CCOC(=O)CCC(=O)NCC1CC1. The highest BCUT2D eigenvalue weighted by atomic mass is 16.5. The predicted molar refractivity (Wildman–Crippen MR) is 51.6 cm³/mol. The molecule has 0 bridgehead atoms. The Labute approximate surface area is 84.0 Å². The predicted octanol–water partition coefficient (Wildman–Crippen LogP) is 0.856. The number of rotatable bonds is 6. The van der Waals surface area contributed by atoms with Crippen molar-refractivity contribution in [3.8, 4) is 0 Å². The number of ether oxygens (including phenoxy) is 1. The fourth-order valence-corrected chi connectivity index (χ4v) is 1.12. The number of carbonyl (C=O) groups is 2. The second-order valence-corrected chi connectivity index (χ2v) is 3.55. The van der Waals surface area contributed by atoms with E-state index in [4.69, 9.17) is 4.74 Å². The van der Waals surface area contributed by atoms with E-state index >= 15 is 0 Å². The molecule has 1 N–H and O–H groups in total. The summed E-state index contributed by atoms with van der Waals surface area (Å²) in [5.41, 5.74) is 0. The van der Waals surface area contributed by atoms with E-state index in [9.17, 15) is 9.59 Å². The van der Waals surface area contributed by atoms with Gasteiger partial charge in [-0.15, -0.1) is 0 Å². The molecule has 0 aromatic rings. The number of esters is 1. The molecule has 0 heterocycles. The van der Waals surface area contributed by atoms with Crippen LogP contribution in [0, 0.1) is 5.92 Å². The van der Waals surface area contributed by atoms with Crippen LogP contribution in [0.25, 0.3) is 0 Å². The third kappa shape index (κ3) is 4.84. The minimum Gasteiger partial charge on any atom is -0.466 e. The monoisotopic (exact) mass is 199 g/mol. The van der Waals surface area contributed by atoms with Crippen molar-refractivity contribution in [2.24, 2.45) is 5.92 Å². The van der Waals surface area contributed by atoms with E-state index in [2.05, 4.69) is 5.32 Å². The molecular weight excluding hydrogens is 182 g/mol. The minimum absolute atomic E-state index is 0.0510. The fraction of sp³-hybridized carbons (Fsp3) is 0.800. The fourth-order valence-electron chi connectivity index (χ4n) is 1.12. The summed E-state index contributed by atoms with van der Waals surface area (Å²) >= 11 is 0. The quantitative estimate of drug-likeness (QED) is 0.645. The van der Waals surface area contributed by atoms with Crippen LogP contribution in [0.5, 0.6) is 0 Å². The second kappa shape index (κ2) is 5.62. The summed E-state index contributed by atoms with van der Waals surface area (Å²) in [4.78, 5) is 22.1. The van der Waals surface area contributed by atoms with Crippen LogP contribution in [-0.2, 0) is 14.3 Å². The molecule has 1 aliphatic carbocycles. The Morgan fingerprint density at radius 1 is 1.36 bits per heavy atom. The molecule has 0 aromatic carbocycles. The summed E-state index contributed by atoms with van der Waals surface area (Å²) in [7, 11) is 0. The smallest absolute Gasteiger partial charge is 0.306 e. The molecule has 1 saturated carbocycles. The van der Waals surface area contributed by atoms with E-state index in [0.717, 1.165) is 6.54 Å². The lowest BCUT2D eigenvalue weighted by Gasteiger charge is -2.03. The number of carbonyl (C=O) groups excluding carboxylic acids is 2. The molecule has 0 saturated heterocycles. The Morgan fingerprint density at radius 2 is 2.07 bits per heavy atom. The van der Waals surface area contributed by atoms with Crippen molar-refractivity contribution < 1.29 is 14.3 Å². The van der Waals surface area contributed by atoms with Gasteiger partial charge in [0, 0.05) is 13.0 Å². The van der Waals surface area contributed by atoms with Crippen molar-refractivity contribution in [2.75, 3.05) is 13.2 Å². The van der Waals surface area contributed by atoms with Crippen LogP contribution >= 0.6 is 0 Å². The highest BCUT2D eigenvalue weighted by Crippen LogP contribution is 2.27. The first kappa shape index (κ1) is 11.0. The lowest BCUT2D eigenvalue weighted by atomic mass is 10.3. The molecule has 1 fully saturated rings. The number of hydrogen-bond acceptors (Lipinski definition) is 3. The maximum Gasteiger partial charge on any atom is 0.306 e. The van der Waals surface area contributed by atoms with E-state index in [1.54, 1.807) is 6.92 Å². The normalized spacial score (nSPS) is 14.9. The zero-order valence-electron chi connectivity index (χ0n) is 8.54. The maximum absolute atomic E-state index is 11.2. The van der Waals surface area contributed by atoms with Crippen LogP contribution in [0.1, 0.15) is 32.6 Å². The van der Waals surface area contributed by atoms with Crippen molar-refractivity contribution in [1.29, 1.82) is 0 Å². The van der Waals surface area contributed by atoms with Crippen molar-refractivity contribution in [3.63, 3.8) is 0 Å². The molecule has 0 aliphatic heterocycles. The van der Waals surface area contributed by atoms with Crippen molar-refractivity contribution in [2.45, 2.75) is 32.6 Å². The van der Waals surface area contributed by atoms with Gasteiger partial charge >= 0.3 is 5.97 Å². The largest absolute Gasteiger partial charge is 0.466 e. The van der Waals surface area contributed by atoms with Gasteiger partial charge in [-0.2, -0.15) is 0 Å². The molecule has 0 aromatic heterocycles. The van der Waals surface area contributed by atoms with Gasteiger partial charge in [0.25, 0.3) is 0 Å². The average Bonchev–Trinajstić information content (AvgIpc) is 2.95. The molecule has 4 heteroatoms. The molecular formula is C10H17NO3. The molecule has 80 valence electrons. The van der Waals surface area contributed by atoms with Crippen LogP contribution in [0.3, 0.4) is 0 Å². The van der Waals surface area contributed by atoms with Gasteiger partial charge < -0.3 is 10.1 Å². The van der Waals surface area contributed by atoms with Crippen molar-refractivity contribution in [1.82, 2.24) is 5.32 Å². The zero-order chi connectivity index (χ0) is 10.4. The molecule has 1 aliphatic rings. The van der Waals surface area contributed by atoms with Crippen LogP contribution in [0.2, 0.25) is 0 Å². The molecule has 0 atom stereocenters. The van der Waals surface area contributed by atoms with E-state index < -0.39 is 0 Å². The van der Waals surface area contributed by atoms with Crippen LogP contribution < -0.4 is 5.32 Å². The van der Waals surface area contributed by atoms with E-state index in [1.165, 1.54) is 12.8 Å². The second-order valence-electron chi connectivity index (χ2n) is 3.55. The van der Waals surface area contributed by atoms with E-state index in [0.29, 0.717) is 12.5 Å². The lowest BCUT2D eigenvalue weighted by Crippen LogP contribution is -2.26. The van der Waals surface area contributed by atoms with Crippen molar-refractivity contribution >= 4 is 11.9 Å². The summed E-state index contributed by atoms with van der Waals surface area (Å²) in [5.74, 6) is 0.334. The summed E-state index contributed by atoms with van der Waals surface area (Å²) in [6, 6.07) is 0. The topological polar surface area (TPSA) is 55.4 Å². The van der Waals surface area contributed by atoms with Crippen molar-refractivity contribution in [3.05, 3.63) is 0 Å². The Morgan fingerprint density at radius 3 is 2.64 bits per heavy atom. The zero-order valence-corrected chi connectivity index (χ0v) is 8.54. The van der Waals surface area contributed by atoms with E-state index in [1.807, 2.05) is 0 Å². The highest BCUT2D eigenvalue weighted by molar-refractivity contribution is 5.81. The van der Waals surface area contributed by atoms with Gasteiger partial charge in [-0.1, -0.05) is 0 Å². The van der Waals surface area contributed by atoms with E-state index in [-0.39, 0.29) is 24.7 Å². The Hall–Kier alpha value is -1.06. The number of amides is 1. The third-order valence-corrected chi connectivity index (χ3v) is 2.15. The van der Waals surface area contributed by atoms with Gasteiger partial charge in [0.1, 0.15) is 0 Å². The minimum atomic E-state index is -0.297. The van der Waals surface area contributed by atoms with Gasteiger partial charge in [0.2, 0.25) is 5.91 Å². The average molecular weight is 199 g/mol. The first-order valence-electron chi connectivity index (χ1n) is 5.14. The summed E-state index contributed by atoms with van der Waals surface area (Å²) in [6.07, 6.45) is 2.87. The molecule has 1 amide bonds. The first-order chi connectivity index (χ1) is 6.72. The molecule has 0 radical (unpaired) electrons. The van der Waals surface area contributed by atoms with Crippen LogP contribution in [0.15, 0.2) is 0 Å². The van der Waals surface area contributed by atoms with Crippen LogP contribution in [-0.4, -0.2) is 25.0 Å². The molecule has 4 nitrogen and oxygen atoms in total. The van der Waals surface area contributed by atoms with Crippen LogP contribution in [0.4, 0.5) is 0 Å². The Balaban J connectivity index is 1.98. The summed E-state index contributed by atoms with van der Waals surface area (Å²) in [5, 5.41) is 2.80. The number of hydrogen-bond donors (Lipinski definition) is 1. The molecule has 0 unspecified atom stereocenters. The van der Waals surface area contributed by atoms with Gasteiger partial charge in [-0.05, 0) is 25.7 Å². The summed E-state index contributed by atoms with van der Waals surface area (Å²) in [6.45, 7) is 2.90. The van der Waals surface area contributed by atoms with Gasteiger partial charge in [-0.3, -0.25) is 9.59 Å². The lowest BCUT2D eigenvalue weighted by molar-refractivity contribution is -0.144. The summed E-state index contributed by atoms with van der Waals surface area (Å²) < 4.78 is 4.71. The maximum atomic E-state index is 11.2. The van der Waals surface area contributed by atoms with Gasteiger partial charge in [0.15, 0.2) is 0 Å².